The lowest BCUT2D eigenvalue weighted by Gasteiger charge is -2.32. The second kappa shape index (κ2) is 6.21. The van der Waals surface area contributed by atoms with Crippen LogP contribution in [0.3, 0.4) is 0 Å². The Morgan fingerprint density at radius 2 is 2.17 bits per heavy atom. The predicted molar refractivity (Wildman–Crippen MR) is 76.3 cm³/mol. The SMILES string of the molecule is CCN1CCOC(CNc2ccc(C)c(C)c2)C1. The molecule has 0 aromatic heterocycles. The van der Waals surface area contributed by atoms with Crippen molar-refractivity contribution in [2.75, 3.05) is 38.1 Å². The lowest BCUT2D eigenvalue weighted by molar-refractivity contribution is -0.0191. The molecule has 1 aromatic carbocycles. The summed E-state index contributed by atoms with van der Waals surface area (Å²) in [6.07, 6.45) is 0.306. The van der Waals surface area contributed by atoms with Crippen LogP contribution in [0.25, 0.3) is 0 Å². The molecule has 1 N–H and O–H groups in total. The second-order valence-corrected chi connectivity index (χ2v) is 5.07. The summed E-state index contributed by atoms with van der Waals surface area (Å²) in [6.45, 7) is 11.5. The number of ether oxygens (including phenoxy) is 1. The summed E-state index contributed by atoms with van der Waals surface area (Å²) in [5.41, 5.74) is 3.86. The first-order chi connectivity index (χ1) is 8.69. The van der Waals surface area contributed by atoms with Crippen LogP contribution in [0, 0.1) is 13.8 Å². The Balaban J connectivity index is 1.85. The zero-order chi connectivity index (χ0) is 13.0. The molecule has 1 aromatic rings. The Morgan fingerprint density at radius 3 is 2.89 bits per heavy atom. The van der Waals surface area contributed by atoms with Gasteiger partial charge in [0.15, 0.2) is 0 Å². The molecule has 0 aliphatic carbocycles. The Morgan fingerprint density at radius 1 is 1.33 bits per heavy atom. The smallest absolute Gasteiger partial charge is 0.0874 e. The largest absolute Gasteiger partial charge is 0.382 e. The minimum absolute atomic E-state index is 0.306. The molecule has 100 valence electrons. The van der Waals surface area contributed by atoms with Crippen molar-refractivity contribution in [2.24, 2.45) is 0 Å². The van der Waals surface area contributed by atoms with E-state index in [-0.39, 0.29) is 0 Å². The average Bonchev–Trinajstić information content (AvgIpc) is 2.40. The molecule has 3 heteroatoms. The fourth-order valence-corrected chi connectivity index (χ4v) is 2.27. The van der Waals surface area contributed by atoms with E-state index in [2.05, 4.69) is 49.2 Å². The van der Waals surface area contributed by atoms with E-state index in [1.807, 2.05) is 0 Å². The molecule has 0 spiro atoms. The van der Waals surface area contributed by atoms with Crippen LogP contribution in [0.2, 0.25) is 0 Å². The highest BCUT2D eigenvalue weighted by Crippen LogP contribution is 2.15. The zero-order valence-electron chi connectivity index (χ0n) is 11.7. The van der Waals surface area contributed by atoms with E-state index in [9.17, 15) is 0 Å². The predicted octanol–water partition coefficient (Wildman–Crippen LogP) is 2.44. The van der Waals surface area contributed by atoms with E-state index in [0.29, 0.717) is 6.10 Å². The van der Waals surface area contributed by atoms with Gasteiger partial charge in [0.2, 0.25) is 0 Å². The number of morpholine rings is 1. The number of nitrogens with zero attached hydrogens (tertiary/aromatic N) is 1. The van der Waals surface area contributed by atoms with Crippen molar-refractivity contribution < 1.29 is 4.74 Å². The summed E-state index contributed by atoms with van der Waals surface area (Å²) in [6, 6.07) is 6.51. The van der Waals surface area contributed by atoms with Crippen molar-refractivity contribution in [2.45, 2.75) is 26.9 Å². The molecule has 0 bridgehead atoms. The number of hydrogen-bond acceptors (Lipinski definition) is 3. The lowest BCUT2D eigenvalue weighted by Crippen LogP contribution is -2.45. The average molecular weight is 248 g/mol. The van der Waals surface area contributed by atoms with Crippen molar-refractivity contribution in [3.63, 3.8) is 0 Å². The van der Waals surface area contributed by atoms with Crippen molar-refractivity contribution >= 4 is 5.69 Å². The fourth-order valence-electron chi connectivity index (χ4n) is 2.27. The molecule has 18 heavy (non-hydrogen) atoms. The summed E-state index contributed by atoms with van der Waals surface area (Å²) in [4.78, 5) is 2.44. The number of nitrogens with one attached hydrogen (secondary N) is 1. The van der Waals surface area contributed by atoms with Crippen LogP contribution < -0.4 is 5.32 Å². The highest BCUT2D eigenvalue weighted by atomic mass is 16.5. The van der Waals surface area contributed by atoms with Gasteiger partial charge in [-0.15, -0.1) is 0 Å². The van der Waals surface area contributed by atoms with Gasteiger partial charge in [0.1, 0.15) is 0 Å². The maximum atomic E-state index is 5.78. The third-order valence-corrected chi connectivity index (χ3v) is 3.71. The molecule has 0 saturated carbocycles. The molecular formula is C15H24N2O. The third kappa shape index (κ3) is 3.47. The molecule has 1 aliphatic heterocycles. The van der Waals surface area contributed by atoms with Gasteiger partial charge in [-0.3, -0.25) is 4.90 Å². The fraction of sp³-hybridized carbons (Fsp3) is 0.600. The quantitative estimate of drug-likeness (QED) is 0.885. The zero-order valence-corrected chi connectivity index (χ0v) is 11.7. The van der Waals surface area contributed by atoms with Crippen LogP contribution in [0.1, 0.15) is 18.1 Å². The normalized spacial score (nSPS) is 20.9. The van der Waals surface area contributed by atoms with Gasteiger partial charge in [0.05, 0.1) is 12.7 Å². The van der Waals surface area contributed by atoms with Crippen LogP contribution in [-0.2, 0) is 4.74 Å². The van der Waals surface area contributed by atoms with Gasteiger partial charge in [-0.1, -0.05) is 13.0 Å². The first kappa shape index (κ1) is 13.4. The summed E-state index contributed by atoms with van der Waals surface area (Å²) >= 11 is 0. The summed E-state index contributed by atoms with van der Waals surface area (Å²) in [5, 5.41) is 3.48. The molecule has 1 unspecified atom stereocenters. The highest BCUT2D eigenvalue weighted by Gasteiger charge is 2.18. The summed E-state index contributed by atoms with van der Waals surface area (Å²) in [5.74, 6) is 0. The van der Waals surface area contributed by atoms with Crippen molar-refractivity contribution in [1.82, 2.24) is 4.90 Å². The van der Waals surface area contributed by atoms with Gasteiger partial charge in [-0.2, -0.15) is 0 Å². The minimum Gasteiger partial charge on any atom is -0.382 e. The van der Waals surface area contributed by atoms with Crippen molar-refractivity contribution in [3.05, 3.63) is 29.3 Å². The van der Waals surface area contributed by atoms with Crippen molar-refractivity contribution in [1.29, 1.82) is 0 Å². The summed E-state index contributed by atoms with van der Waals surface area (Å²) < 4.78 is 5.78. The van der Waals surface area contributed by atoms with E-state index in [4.69, 9.17) is 4.74 Å². The van der Waals surface area contributed by atoms with Crippen molar-refractivity contribution in [3.8, 4) is 0 Å². The van der Waals surface area contributed by atoms with E-state index in [1.165, 1.54) is 16.8 Å². The summed E-state index contributed by atoms with van der Waals surface area (Å²) in [7, 11) is 0. The minimum atomic E-state index is 0.306. The number of aryl methyl sites for hydroxylation is 2. The molecule has 2 rings (SSSR count). The van der Waals surface area contributed by atoms with Gasteiger partial charge >= 0.3 is 0 Å². The van der Waals surface area contributed by atoms with E-state index < -0.39 is 0 Å². The monoisotopic (exact) mass is 248 g/mol. The van der Waals surface area contributed by atoms with Gasteiger partial charge in [0, 0.05) is 25.3 Å². The number of hydrogen-bond donors (Lipinski definition) is 1. The molecule has 1 saturated heterocycles. The number of rotatable bonds is 4. The molecule has 1 aliphatic rings. The topological polar surface area (TPSA) is 24.5 Å². The second-order valence-electron chi connectivity index (χ2n) is 5.07. The third-order valence-electron chi connectivity index (χ3n) is 3.71. The molecule has 1 fully saturated rings. The Labute approximate surface area is 110 Å². The number of benzene rings is 1. The maximum Gasteiger partial charge on any atom is 0.0874 e. The highest BCUT2D eigenvalue weighted by molar-refractivity contribution is 5.48. The van der Waals surface area contributed by atoms with E-state index in [1.54, 1.807) is 0 Å². The molecule has 0 radical (unpaired) electrons. The van der Waals surface area contributed by atoms with E-state index in [0.717, 1.165) is 32.8 Å². The molecule has 0 amide bonds. The number of likely N-dealkylation sites (N-methyl/N-ethyl adjacent to an activating group) is 1. The van der Waals surface area contributed by atoms with Gasteiger partial charge < -0.3 is 10.1 Å². The Hall–Kier alpha value is -1.06. The van der Waals surface area contributed by atoms with Gasteiger partial charge in [-0.05, 0) is 43.7 Å². The van der Waals surface area contributed by atoms with Crippen LogP contribution in [0.15, 0.2) is 18.2 Å². The molecule has 1 atom stereocenters. The first-order valence-corrected chi connectivity index (χ1v) is 6.84. The van der Waals surface area contributed by atoms with Gasteiger partial charge in [0.25, 0.3) is 0 Å². The van der Waals surface area contributed by atoms with E-state index >= 15 is 0 Å². The lowest BCUT2D eigenvalue weighted by atomic mass is 10.1. The Bertz CT molecular complexity index is 392. The van der Waals surface area contributed by atoms with Gasteiger partial charge in [-0.25, -0.2) is 0 Å². The molecule has 1 heterocycles. The molecule has 3 nitrogen and oxygen atoms in total. The van der Waals surface area contributed by atoms with Crippen LogP contribution >= 0.6 is 0 Å². The van der Waals surface area contributed by atoms with Crippen LogP contribution in [0.5, 0.6) is 0 Å². The van der Waals surface area contributed by atoms with Crippen LogP contribution in [0.4, 0.5) is 5.69 Å². The number of anilines is 1. The van der Waals surface area contributed by atoms with Crippen LogP contribution in [-0.4, -0.2) is 43.8 Å². The molecular weight excluding hydrogens is 224 g/mol. The Kier molecular flexibility index (Phi) is 4.61. The maximum absolute atomic E-state index is 5.78. The standard InChI is InChI=1S/C15H24N2O/c1-4-17-7-8-18-15(11-17)10-16-14-6-5-12(2)13(3)9-14/h5-6,9,15-16H,4,7-8,10-11H2,1-3H3. The first-order valence-electron chi connectivity index (χ1n) is 6.84.